The number of nitrogens with zero attached hydrogens (tertiary/aromatic N) is 2. The van der Waals surface area contributed by atoms with E-state index in [0.717, 1.165) is 16.5 Å². The van der Waals surface area contributed by atoms with Gasteiger partial charge in [0.2, 0.25) is 0 Å². The smallest absolute Gasteiger partial charge is 0.275 e. The molecule has 4 rings (SSSR count). The molecule has 0 aliphatic heterocycles. The van der Waals surface area contributed by atoms with Crippen LogP contribution in [-0.2, 0) is 24.8 Å². The van der Waals surface area contributed by atoms with E-state index in [1.807, 2.05) is 67.9 Å². The first kappa shape index (κ1) is 25.3. The summed E-state index contributed by atoms with van der Waals surface area (Å²) in [5.41, 5.74) is 2.77. The van der Waals surface area contributed by atoms with Crippen molar-refractivity contribution in [1.82, 2.24) is 14.5 Å². The second kappa shape index (κ2) is 11.3. The van der Waals surface area contributed by atoms with E-state index in [0.29, 0.717) is 67.3 Å². The largest absolute Gasteiger partial charge is 0.490 e. The Morgan fingerprint density at radius 2 is 1.78 bits per heavy atom. The van der Waals surface area contributed by atoms with Gasteiger partial charge in [-0.05, 0) is 44.0 Å². The number of amides is 1. The van der Waals surface area contributed by atoms with E-state index in [2.05, 4.69) is 5.32 Å². The normalized spacial score (nSPS) is 11.2. The average molecular weight is 492 g/mol. The molecule has 1 amide bonds. The van der Waals surface area contributed by atoms with Crippen molar-refractivity contribution in [2.75, 3.05) is 33.5 Å². The van der Waals surface area contributed by atoms with Crippen LogP contribution in [0.3, 0.4) is 0 Å². The minimum atomic E-state index is -0.224. The maximum atomic E-state index is 13.4. The monoisotopic (exact) mass is 491 g/mol. The van der Waals surface area contributed by atoms with Crippen molar-refractivity contribution in [3.63, 3.8) is 0 Å². The van der Waals surface area contributed by atoms with Gasteiger partial charge in [-0.3, -0.25) is 9.59 Å². The number of para-hydroxylation sites is 1. The van der Waals surface area contributed by atoms with Crippen molar-refractivity contribution in [3.05, 3.63) is 70.1 Å². The van der Waals surface area contributed by atoms with Crippen molar-refractivity contribution in [1.29, 1.82) is 0 Å². The summed E-state index contributed by atoms with van der Waals surface area (Å²) in [6, 6.07) is 13.6. The fourth-order valence-electron chi connectivity index (χ4n) is 4.53. The van der Waals surface area contributed by atoms with Crippen LogP contribution in [0.15, 0.2) is 53.5 Å². The van der Waals surface area contributed by atoms with Crippen LogP contribution in [0.1, 0.15) is 29.8 Å². The van der Waals surface area contributed by atoms with Gasteiger partial charge in [-0.15, -0.1) is 0 Å². The Kier molecular flexibility index (Phi) is 7.95. The molecule has 0 fully saturated rings. The molecule has 0 aliphatic carbocycles. The molecule has 2 heterocycles. The molecule has 36 heavy (non-hydrogen) atoms. The molecule has 0 radical (unpaired) electrons. The lowest BCUT2D eigenvalue weighted by molar-refractivity contribution is 0.0954. The molecule has 0 unspecified atom stereocenters. The summed E-state index contributed by atoms with van der Waals surface area (Å²) in [5, 5.41) is 4.59. The summed E-state index contributed by atoms with van der Waals surface area (Å²) in [7, 11) is 3.45. The van der Waals surface area contributed by atoms with Gasteiger partial charge in [0.1, 0.15) is 5.52 Å². The van der Waals surface area contributed by atoms with Gasteiger partial charge in [0.25, 0.3) is 11.5 Å². The summed E-state index contributed by atoms with van der Waals surface area (Å²) >= 11 is 0. The lowest BCUT2D eigenvalue weighted by Gasteiger charge is -2.13. The molecule has 0 saturated carbocycles. The summed E-state index contributed by atoms with van der Waals surface area (Å²) in [4.78, 5) is 26.7. The predicted octanol–water partition coefficient (Wildman–Crippen LogP) is 3.91. The number of carbonyl (C=O) groups is 1. The van der Waals surface area contributed by atoms with Crippen LogP contribution in [0.25, 0.3) is 21.8 Å². The first-order valence-electron chi connectivity index (χ1n) is 12.3. The third kappa shape index (κ3) is 4.95. The number of aromatic nitrogens is 2. The molecule has 190 valence electrons. The summed E-state index contributed by atoms with van der Waals surface area (Å²) in [6.45, 7) is 6.13. The summed E-state index contributed by atoms with van der Waals surface area (Å²) in [5.74, 6) is 1.19. The number of pyridine rings is 1. The second-order valence-corrected chi connectivity index (χ2v) is 8.49. The van der Waals surface area contributed by atoms with E-state index in [9.17, 15) is 9.59 Å². The number of rotatable bonds is 11. The van der Waals surface area contributed by atoms with Gasteiger partial charge >= 0.3 is 0 Å². The number of hydrogen-bond donors (Lipinski definition) is 1. The van der Waals surface area contributed by atoms with Crippen LogP contribution in [0.2, 0.25) is 0 Å². The Morgan fingerprint density at radius 1 is 1.03 bits per heavy atom. The van der Waals surface area contributed by atoms with E-state index in [4.69, 9.17) is 14.2 Å². The van der Waals surface area contributed by atoms with E-state index in [1.54, 1.807) is 17.9 Å². The number of nitrogens with one attached hydrogen (secondary N) is 1. The second-order valence-electron chi connectivity index (χ2n) is 8.49. The van der Waals surface area contributed by atoms with Gasteiger partial charge in [0.05, 0.1) is 25.4 Å². The maximum Gasteiger partial charge on any atom is 0.275 e. The van der Waals surface area contributed by atoms with Gasteiger partial charge < -0.3 is 28.7 Å². The molecule has 0 saturated heterocycles. The minimum absolute atomic E-state index is 0.143. The molecule has 0 spiro atoms. The molecule has 0 atom stereocenters. The molecule has 8 heteroatoms. The third-order valence-electron chi connectivity index (χ3n) is 6.21. The van der Waals surface area contributed by atoms with Crippen molar-refractivity contribution < 1.29 is 19.0 Å². The van der Waals surface area contributed by atoms with Gasteiger partial charge in [0, 0.05) is 49.7 Å². The molecular weight excluding hydrogens is 458 g/mol. The Hall–Kier alpha value is -3.78. The van der Waals surface area contributed by atoms with E-state index >= 15 is 0 Å². The fraction of sp³-hybridized carbons (Fsp3) is 0.357. The summed E-state index contributed by atoms with van der Waals surface area (Å²) < 4.78 is 20.0. The Labute approximate surface area is 210 Å². The van der Waals surface area contributed by atoms with E-state index < -0.39 is 0 Å². The molecule has 2 aromatic carbocycles. The molecular formula is C28H33N3O5. The Balaban J connectivity index is 1.63. The number of carbonyl (C=O) groups excluding carboxylic acids is 1. The number of hydrogen-bond acceptors (Lipinski definition) is 5. The van der Waals surface area contributed by atoms with Gasteiger partial charge in [-0.1, -0.05) is 24.3 Å². The number of aryl methyl sites for hydroxylation is 1. The van der Waals surface area contributed by atoms with E-state index in [-0.39, 0.29) is 11.5 Å². The van der Waals surface area contributed by atoms with Crippen molar-refractivity contribution in [3.8, 4) is 11.5 Å². The molecule has 0 aliphatic rings. The average Bonchev–Trinajstić information content (AvgIpc) is 3.18. The third-order valence-corrected chi connectivity index (χ3v) is 6.21. The molecule has 1 N–H and O–H groups in total. The van der Waals surface area contributed by atoms with Gasteiger partial charge in [-0.25, -0.2) is 0 Å². The quantitative estimate of drug-likeness (QED) is 0.344. The maximum absolute atomic E-state index is 13.4. The first-order chi connectivity index (χ1) is 17.5. The zero-order chi connectivity index (χ0) is 25.7. The van der Waals surface area contributed by atoms with Gasteiger partial charge in [0.15, 0.2) is 11.5 Å². The molecule has 2 aromatic heterocycles. The van der Waals surface area contributed by atoms with Crippen LogP contribution in [0.5, 0.6) is 11.5 Å². The minimum Gasteiger partial charge on any atom is -0.490 e. The highest BCUT2D eigenvalue weighted by Crippen LogP contribution is 2.30. The molecule has 8 nitrogen and oxygen atoms in total. The standard InChI is InChI=1S/C28H33N3O5/c1-5-35-23-12-11-19(17-24(23)36-6-2)13-14-29-27(32)21-18-31(15-16-34-4)28(33)26-25(21)20-9-7-8-10-22(20)30(26)3/h7-12,17-18H,5-6,13-16H2,1-4H3,(H,29,32). The number of ether oxygens (including phenoxy) is 3. The van der Waals surface area contributed by atoms with Crippen molar-refractivity contribution >= 4 is 27.7 Å². The van der Waals surface area contributed by atoms with Gasteiger partial charge in [-0.2, -0.15) is 0 Å². The number of benzene rings is 2. The topological polar surface area (TPSA) is 83.7 Å². The van der Waals surface area contributed by atoms with Crippen molar-refractivity contribution in [2.24, 2.45) is 7.05 Å². The fourth-order valence-corrected chi connectivity index (χ4v) is 4.53. The zero-order valence-electron chi connectivity index (χ0n) is 21.3. The highest BCUT2D eigenvalue weighted by Gasteiger charge is 2.21. The zero-order valence-corrected chi connectivity index (χ0v) is 21.3. The van der Waals surface area contributed by atoms with Crippen LogP contribution in [0.4, 0.5) is 0 Å². The van der Waals surface area contributed by atoms with E-state index in [1.165, 1.54) is 0 Å². The Morgan fingerprint density at radius 3 is 2.53 bits per heavy atom. The van der Waals surface area contributed by atoms with Crippen LogP contribution >= 0.6 is 0 Å². The lowest BCUT2D eigenvalue weighted by Crippen LogP contribution is -2.30. The lowest BCUT2D eigenvalue weighted by atomic mass is 10.1. The number of fused-ring (bicyclic) bond motifs is 3. The van der Waals surface area contributed by atoms with Crippen LogP contribution in [-0.4, -0.2) is 48.5 Å². The van der Waals surface area contributed by atoms with Crippen LogP contribution in [0, 0.1) is 0 Å². The molecule has 4 aromatic rings. The van der Waals surface area contributed by atoms with Crippen molar-refractivity contribution in [2.45, 2.75) is 26.8 Å². The Bertz CT molecular complexity index is 1440. The predicted molar refractivity (Wildman–Crippen MR) is 141 cm³/mol. The van der Waals surface area contributed by atoms with Crippen LogP contribution < -0.4 is 20.3 Å². The number of methoxy groups -OCH3 is 1. The first-order valence-corrected chi connectivity index (χ1v) is 12.3. The summed E-state index contributed by atoms with van der Waals surface area (Å²) in [6.07, 6.45) is 2.27. The highest BCUT2D eigenvalue weighted by molar-refractivity contribution is 6.17. The SMILES string of the molecule is CCOc1ccc(CCNC(=O)c2cn(CCOC)c(=O)c3c2c2ccccc2n3C)cc1OCC. The molecule has 0 bridgehead atoms. The highest BCUT2D eigenvalue weighted by atomic mass is 16.5.